The molecule has 0 N–H and O–H groups in total. The minimum Gasteiger partial charge on any atom is -0.372 e. The van der Waals surface area contributed by atoms with Crippen molar-refractivity contribution in [3.05, 3.63) is 77.9 Å². The van der Waals surface area contributed by atoms with Gasteiger partial charge in [-0.05, 0) is 80.1 Å². The highest BCUT2D eigenvalue weighted by atomic mass is 16.1. The number of piperidine rings is 1. The molecule has 5 rings (SSSR count). The van der Waals surface area contributed by atoms with E-state index in [1.54, 1.807) is 0 Å². The summed E-state index contributed by atoms with van der Waals surface area (Å²) in [5, 5.41) is 2.42. The number of hydrogen-bond donors (Lipinski definition) is 0. The number of benzene rings is 3. The Morgan fingerprint density at radius 3 is 2.29 bits per heavy atom. The number of para-hydroxylation sites is 1. The SMILES string of the molecule is CCCCC(CC)Cn1c2ccccc2c2cc(C(=O)c3ccc(N4CCCCC4)cc3)ccc21. The molecule has 3 nitrogen and oxygen atoms in total. The second-order valence-electron chi connectivity index (χ2n) is 10.2. The predicted molar refractivity (Wildman–Crippen MR) is 149 cm³/mol. The van der Waals surface area contributed by atoms with Gasteiger partial charge in [-0.25, -0.2) is 0 Å². The molecule has 0 aliphatic carbocycles. The van der Waals surface area contributed by atoms with E-state index in [0.717, 1.165) is 30.8 Å². The summed E-state index contributed by atoms with van der Waals surface area (Å²) in [4.78, 5) is 15.9. The monoisotopic (exact) mass is 466 g/mol. The zero-order chi connectivity index (χ0) is 24.2. The molecular formula is C32H38N2O. The number of carbonyl (C=O) groups is 1. The fourth-order valence-corrected chi connectivity index (χ4v) is 5.71. The van der Waals surface area contributed by atoms with Gasteiger partial charge in [-0.2, -0.15) is 0 Å². The van der Waals surface area contributed by atoms with Gasteiger partial charge in [0.15, 0.2) is 5.78 Å². The Balaban J connectivity index is 1.46. The summed E-state index contributed by atoms with van der Waals surface area (Å²) in [5.74, 6) is 0.775. The van der Waals surface area contributed by atoms with Crippen LogP contribution in [0, 0.1) is 5.92 Å². The van der Waals surface area contributed by atoms with Gasteiger partial charge in [-0.3, -0.25) is 4.79 Å². The zero-order valence-corrected chi connectivity index (χ0v) is 21.3. The topological polar surface area (TPSA) is 25.2 Å². The summed E-state index contributed by atoms with van der Waals surface area (Å²) in [6.07, 6.45) is 8.82. The third-order valence-electron chi connectivity index (χ3n) is 7.87. The van der Waals surface area contributed by atoms with E-state index in [0.29, 0.717) is 5.92 Å². The first kappa shape index (κ1) is 23.7. The molecule has 1 saturated heterocycles. The van der Waals surface area contributed by atoms with Gasteiger partial charge >= 0.3 is 0 Å². The first-order valence-corrected chi connectivity index (χ1v) is 13.6. The fraction of sp³-hybridized carbons (Fsp3) is 0.406. The van der Waals surface area contributed by atoms with Crippen LogP contribution in [0.3, 0.4) is 0 Å². The van der Waals surface area contributed by atoms with Gasteiger partial charge in [-0.1, -0.05) is 51.3 Å². The molecule has 0 amide bonds. The van der Waals surface area contributed by atoms with Crippen molar-refractivity contribution in [3.63, 3.8) is 0 Å². The third kappa shape index (κ3) is 4.87. The lowest BCUT2D eigenvalue weighted by Gasteiger charge is -2.28. The summed E-state index contributed by atoms with van der Waals surface area (Å²) < 4.78 is 2.48. The second kappa shape index (κ2) is 10.7. The Kier molecular flexibility index (Phi) is 7.22. The second-order valence-corrected chi connectivity index (χ2v) is 10.2. The summed E-state index contributed by atoms with van der Waals surface area (Å²) in [7, 11) is 0. The molecule has 1 aromatic heterocycles. The molecular weight excluding hydrogens is 428 g/mol. The van der Waals surface area contributed by atoms with Crippen LogP contribution >= 0.6 is 0 Å². The normalized spacial score (nSPS) is 15.1. The van der Waals surface area contributed by atoms with Crippen molar-refractivity contribution in [3.8, 4) is 0 Å². The van der Waals surface area contributed by atoms with Crippen molar-refractivity contribution in [2.24, 2.45) is 5.92 Å². The summed E-state index contributed by atoms with van der Waals surface area (Å²) in [5.41, 5.74) is 5.27. The van der Waals surface area contributed by atoms with Crippen LogP contribution in [0.5, 0.6) is 0 Å². The molecule has 4 aromatic rings. The highest BCUT2D eigenvalue weighted by Crippen LogP contribution is 2.32. The number of rotatable bonds is 9. The van der Waals surface area contributed by atoms with Crippen molar-refractivity contribution >= 4 is 33.3 Å². The van der Waals surface area contributed by atoms with Crippen molar-refractivity contribution in [2.45, 2.75) is 65.3 Å². The van der Waals surface area contributed by atoms with Crippen LogP contribution in [0.2, 0.25) is 0 Å². The van der Waals surface area contributed by atoms with Gasteiger partial charge in [0.25, 0.3) is 0 Å². The molecule has 3 aromatic carbocycles. The van der Waals surface area contributed by atoms with E-state index < -0.39 is 0 Å². The van der Waals surface area contributed by atoms with E-state index >= 15 is 0 Å². The maximum Gasteiger partial charge on any atom is 0.193 e. The molecule has 2 heterocycles. The van der Waals surface area contributed by atoms with E-state index in [1.165, 1.54) is 72.4 Å². The maximum absolute atomic E-state index is 13.4. The number of carbonyl (C=O) groups excluding carboxylic acids is 1. The van der Waals surface area contributed by atoms with Crippen LogP contribution in [-0.4, -0.2) is 23.4 Å². The lowest BCUT2D eigenvalue weighted by Crippen LogP contribution is -2.29. The van der Waals surface area contributed by atoms with E-state index in [2.05, 4.69) is 71.8 Å². The van der Waals surface area contributed by atoms with E-state index in [9.17, 15) is 4.79 Å². The quantitative estimate of drug-likeness (QED) is 0.232. The average Bonchev–Trinajstić information content (AvgIpc) is 3.24. The number of unbranched alkanes of at least 4 members (excludes halogenated alkanes) is 1. The lowest BCUT2D eigenvalue weighted by atomic mass is 9.99. The van der Waals surface area contributed by atoms with E-state index in [1.807, 2.05) is 18.2 Å². The molecule has 3 heteroatoms. The van der Waals surface area contributed by atoms with Gasteiger partial charge in [0.2, 0.25) is 0 Å². The first-order valence-electron chi connectivity index (χ1n) is 13.6. The Hall–Kier alpha value is -3.07. The third-order valence-corrected chi connectivity index (χ3v) is 7.87. The molecule has 1 atom stereocenters. The molecule has 0 radical (unpaired) electrons. The number of anilines is 1. The fourth-order valence-electron chi connectivity index (χ4n) is 5.71. The van der Waals surface area contributed by atoms with Crippen LogP contribution in [0.25, 0.3) is 21.8 Å². The molecule has 182 valence electrons. The Labute approximate surface area is 209 Å². The molecule has 35 heavy (non-hydrogen) atoms. The van der Waals surface area contributed by atoms with Crippen molar-refractivity contribution in [1.29, 1.82) is 0 Å². The van der Waals surface area contributed by atoms with E-state index in [-0.39, 0.29) is 5.78 Å². The van der Waals surface area contributed by atoms with Gasteiger partial charge in [0, 0.05) is 58.3 Å². The predicted octanol–water partition coefficient (Wildman–Crippen LogP) is 8.23. The van der Waals surface area contributed by atoms with Gasteiger partial charge in [-0.15, -0.1) is 0 Å². The average molecular weight is 467 g/mol. The van der Waals surface area contributed by atoms with Crippen molar-refractivity contribution < 1.29 is 4.79 Å². The number of aromatic nitrogens is 1. The van der Waals surface area contributed by atoms with Gasteiger partial charge in [0.1, 0.15) is 0 Å². The largest absolute Gasteiger partial charge is 0.372 e. The van der Waals surface area contributed by atoms with Crippen molar-refractivity contribution in [2.75, 3.05) is 18.0 Å². The van der Waals surface area contributed by atoms with E-state index in [4.69, 9.17) is 0 Å². The van der Waals surface area contributed by atoms with Crippen molar-refractivity contribution in [1.82, 2.24) is 4.57 Å². The summed E-state index contributed by atoms with van der Waals surface area (Å²) in [6.45, 7) is 7.84. The highest BCUT2D eigenvalue weighted by molar-refractivity contribution is 6.14. The van der Waals surface area contributed by atoms with Crippen LogP contribution in [-0.2, 0) is 6.54 Å². The number of ketones is 1. The molecule has 0 spiro atoms. The van der Waals surface area contributed by atoms with Crippen LogP contribution < -0.4 is 4.90 Å². The minimum absolute atomic E-state index is 0.100. The molecule has 1 aliphatic rings. The maximum atomic E-state index is 13.4. The Morgan fingerprint density at radius 2 is 1.54 bits per heavy atom. The zero-order valence-electron chi connectivity index (χ0n) is 21.3. The molecule has 0 bridgehead atoms. The number of fused-ring (bicyclic) bond motifs is 3. The first-order chi connectivity index (χ1) is 17.2. The van der Waals surface area contributed by atoms with Gasteiger partial charge in [0.05, 0.1) is 0 Å². The van der Waals surface area contributed by atoms with Crippen LogP contribution in [0.4, 0.5) is 5.69 Å². The summed E-state index contributed by atoms with van der Waals surface area (Å²) in [6, 6.07) is 23.2. The highest BCUT2D eigenvalue weighted by Gasteiger charge is 2.17. The standard InChI is InChI=1S/C32H38N2O/c1-3-5-11-24(4-2)23-34-30-13-8-7-12-28(30)29-22-26(16-19-31(29)34)32(35)25-14-17-27(18-15-25)33-20-9-6-10-21-33/h7-8,12-19,22,24H,3-6,9-11,20-21,23H2,1-2H3. The Bertz CT molecular complexity index is 1290. The summed E-state index contributed by atoms with van der Waals surface area (Å²) >= 11 is 0. The molecule has 0 saturated carbocycles. The smallest absolute Gasteiger partial charge is 0.193 e. The Morgan fingerprint density at radius 1 is 0.829 bits per heavy atom. The molecule has 1 fully saturated rings. The minimum atomic E-state index is 0.100. The molecule has 1 aliphatic heterocycles. The lowest BCUT2D eigenvalue weighted by molar-refractivity contribution is 0.103. The van der Waals surface area contributed by atoms with Crippen LogP contribution in [0.1, 0.15) is 74.7 Å². The van der Waals surface area contributed by atoms with Crippen LogP contribution in [0.15, 0.2) is 66.7 Å². The number of hydrogen-bond acceptors (Lipinski definition) is 2. The number of nitrogens with zero attached hydrogens (tertiary/aromatic N) is 2. The molecule has 1 unspecified atom stereocenters. The van der Waals surface area contributed by atoms with Gasteiger partial charge < -0.3 is 9.47 Å².